The number of carbonyl (C=O) groups is 2. The van der Waals surface area contributed by atoms with E-state index in [1.165, 1.54) is 0 Å². The highest BCUT2D eigenvalue weighted by molar-refractivity contribution is 6.01. The van der Waals surface area contributed by atoms with Gasteiger partial charge in [-0.3, -0.25) is 4.79 Å². The summed E-state index contributed by atoms with van der Waals surface area (Å²) >= 11 is 0. The second-order valence-electron chi connectivity index (χ2n) is 4.47. The third-order valence-electron chi connectivity index (χ3n) is 2.89. The van der Waals surface area contributed by atoms with Crippen molar-refractivity contribution in [2.75, 3.05) is 19.8 Å². The molecule has 3 N–H and O–H groups in total. The highest BCUT2D eigenvalue weighted by Gasteiger charge is 2.26. The zero-order valence-electron chi connectivity index (χ0n) is 11.7. The molecule has 2 atom stereocenters. The minimum atomic E-state index is -1.33. The Hall–Kier alpha value is -2.28. The Morgan fingerprint density at radius 1 is 1.43 bits per heavy atom. The lowest BCUT2D eigenvalue weighted by Crippen LogP contribution is -2.50. The summed E-state index contributed by atoms with van der Waals surface area (Å²) in [4.78, 5) is 23.0. The number of nitrogens with one attached hydrogen (secondary N) is 1. The molecule has 1 aliphatic rings. The summed E-state index contributed by atoms with van der Waals surface area (Å²) in [6.45, 7) is 2.33. The standard InChI is InChI=1S/C14H18N2O5/c1-2-19-14(18)12(15)13(17)16-7-9-8-20-10-5-3-4-6-11(10)21-9/h3-6,9,12H,2,7-8,15H2,1H3,(H,16,17). The first-order valence-corrected chi connectivity index (χ1v) is 6.70. The van der Waals surface area contributed by atoms with E-state index < -0.39 is 17.9 Å². The molecule has 0 saturated carbocycles. The molecule has 2 rings (SSSR count). The summed E-state index contributed by atoms with van der Waals surface area (Å²) in [6.07, 6.45) is -0.335. The van der Waals surface area contributed by atoms with E-state index in [0.717, 1.165) is 0 Å². The predicted molar refractivity (Wildman–Crippen MR) is 74.0 cm³/mol. The lowest BCUT2D eigenvalue weighted by molar-refractivity contribution is -0.148. The van der Waals surface area contributed by atoms with Crippen LogP contribution in [-0.2, 0) is 14.3 Å². The molecule has 0 saturated heterocycles. The van der Waals surface area contributed by atoms with E-state index in [0.29, 0.717) is 18.1 Å². The van der Waals surface area contributed by atoms with Crippen LogP contribution >= 0.6 is 0 Å². The van der Waals surface area contributed by atoms with Crippen LogP contribution in [0, 0.1) is 0 Å². The molecule has 2 unspecified atom stereocenters. The molecule has 1 amide bonds. The first kappa shape index (κ1) is 15.1. The van der Waals surface area contributed by atoms with Crippen molar-refractivity contribution >= 4 is 11.9 Å². The van der Waals surface area contributed by atoms with Crippen molar-refractivity contribution in [1.82, 2.24) is 5.32 Å². The van der Waals surface area contributed by atoms with Crippen molar-refractivity contribution < 1.29 is 23.8 Å². The van der Waals surface area contributed by atoms with Gasteiger partial charge in [0.15, 0.2) is 17.5 Å². The van der Waals surface area contributed by atoms with E-state index in [4.69, 9.17) is 15.2 Å². The monoisotopic (exact) mass is 294 g/mol. The third-order valence-corrected chi connectivity index (χ3v) is 2.89. The van der Waals surface area contributed by atoms with Gasteiger partial charge < -0.3 is 25.3 Å². The van der Waals surface area contributed by atoms with Crippen LogP contribution in [0.4, 0.5) is 0 Å². The van der Waals surface area contributed by atoms with E-state index >= 15 is 0 Å². The normalized spacial score (nSPS) is 17.7. The van der Waals surface area contributed by atoms with Crippen molar-refractivity contribution in [1.29, 1.82) is 0 Å². The van der Waals surface area contributed by atoms with Crippen molar-refractivity contribution in [3.63, 3.8) is 0 Å². The smallest absolute Gasteiger partial charge is 0.332 e. The first-order valence-electron chi connectivity index (χ1n) is 6.70. The summed E-state index contributed by atoms with van der Waals surface area (Å²) in [5.74, 6) is -0.0574. The zero-order chi connectivity index (χ0) is 15.2. The zero-order valence-corrected chi connectivity index (χ0v) is 11.7. The van der Waals surface area contributed by atoms with E-state index in [1.54, 1.807) is 19.1 Å². The van der Waals surface area contributed by atoms with Crippen LogP contribution in [0.25, 0.3) is 0 Å². The molecule has 1 aliphatic heterocycles. The molecule has 0 radical (unpaired) electrons. The highest BCUT2D eigenvalue weighted by Crippen LogP contribution is 2.30. The Morgan fingerprint density at radius 3 is 2.86 bits per heavy atom. The maximum Gasteiger partial charge on any atom is 0.332 e. The number of rotatable bonds is 5. The van der Waals surface area contributed by atoms with Gasteiger partial charge in [-0.25, -0.2) is 4.79 Å². The molecule has 0 bridgehead atoms. The van der Waals surface area contributed by atoms with E-state index in [9.17, 15) is 9.59 Å². The highest BCUT2D eigenvalue weighted by atomic mass is 16.6. The van der Waals surface area contributed by atoms with Gasteiger partial charge in [-0.2, -0.15) is 0 Å². The van der Waals surface area contributed by atoms with Gasteiger partial charge in [0, 0.05) is 0 Å². The summed E-state index contributed by atoms with van der Waals surface area (Å²) in [5, 5.41) is 2.55. The average Bonchev–Trinajstić information content (AvgIpc) is 2.51. The second kappa shape index (κ2) is 6.94. The number of benzene rings is 1. The lowest BCUT2D eigenvalue weighted by atomic mass is 10.2. The number of esters is 1. The van der Waals surface area contributed by atoms with E-state index in [-0.39, 0.29) is 19.3 Å². The fourth-order valence-corrected chi connectivity index (χ4v) is 1.83. The van der Waals surface area contributed by atoms with Gasteiger partial charge in [0.2, 0.25) is 5.91 Å². The van der Waals surface area contributed by atoms with Crippen molar-refractivity contribution in [2.45, 2.75) is 19.1 Å². The summed E-state index contributed by atoms with van der Waals surface area (Å²) in [5.41, 5.74) is 5.48. The summed E-state index contributed by atoms with van der Waals surface area (Å²) in [7, 11) is 0. The predicted octanol–water partition coefficient (Wildman–Crippen LogP) is -0.167. The number of fused-ring (bicyclic) bond motifs is 1. The maximum absolute atomic E-state index is 11.7. The van der Waals surface area contributed by atoms with Gasteiger partial charge in [0.05, 0.1) is 13.2 Å². The maximum atomic E-state index is 11.7. The fourth-order valence-electron chi connectivity index (χ4n) is 1.83. The van der Waals surface area contributed by atoms with E-state index in [2.05, 4.69) is 10.1 Å². The third kappa shape index (κ3) is 3.85. The summed E-state index contributed by atoms with van der Waals surface area (Å²) < 4.78 is 15.9. The van der Waals surface area contributed by atoms with Gasteiger partial charge in [0.25, 0.3) is 0 Å². The average molecular weight is 294 g/mol. The fraction of sp³-hybridized carbons (Fsp3) is 0.429. The number of amides is 1. The van der Waals surface area contributed by atoms with Gasteiger partial charge in [-0.05, 0) is 19.1 Å². The van der Waals surface area contributed by atoms with Crippen molar-refractivity contribution in [3.8, 4) is 11.5 Å². The topological polar surface area (TPSA) is 99.9 Å². The molecule has 7 nitrogen and oxygen atoms in total. The van der Waals surface area contributed by atoms with E-state index in [1.807, 2.05) is 12.1 Å². The van der Waals surface area contributed by atoms with Gasteiger partial charge in [-0.15, -0.1) is 0 Å². The van der Waals surface area contributed by atoms with Crippen LogP contribution in [0.2, 0.25) is 0 Å². The van der Waals surface area contributed by atoms with Crippen molar-refractivity contribution in [3.05, 3.63) is 24.3 Å². The Labute approximate surface area is 122 Å². The molecular weight excluding hydrogens is 276 g/mol. The quantitative estimate of drug-likeness (QED) is 0.578. The molecule has 0 spiro atoms. The number of nitrogens with two attached hydrogens (primary N) is 1. The molecule has 0 aliphatic carbocycles. The van der Waals surface area contributed by atoms with Crippen LogP contribution < -0.4 is 20.5 Å². The largest absolute Gasteiger partial charge is 0.486 e. The van der Waals surface area contributed by atoms with Crippen LogP contribution in [0.15, 0.2) is 24.3 Å². The SMILES string of the molecule is CCOC(=O)C(N)C(=O)NCC1COc2ccccc2O1. The van der Waals surface area contributed by atoms with Crippen molar-refractivity contribution in [2.24, 2.45) is 5.73 Å². The van der Waals surface area contributed by atoms with Crippen LogP contribution in [0.1, 0.15) is 6.92 Å². The number of ether oxygens (including phenoxy) is 3. The Bertz CT molecular complexity index is 520. The minimum absolute atomic E-state index is 0.177. The van der Waals surface area contributed by atoms with Crippen LogP contribution in [0.5, 0.6) is 11.5 Å². The number of carbonyl (C=O) groups excluding carboxylic acids is 2. The Kier molecular flexibility index (Phi) is 4.99. The lowest BCUT2D eigenvalue weighted by Gasteiger charge is -2.26. The number of hydrogen-bond donors (Lipinski definition) is 2. The molecule has 0 aromatic heterocycles. The molecule has 1 aromatic rings. The Morgan fingerprint density at radius 2 is 2.14 bits per heavy atom. The van der Waals surface area contributed by atoms with Gasteiger partial charge >= 0.3 is 5.97 Å². The Balaban J connectivity index is 1.82. The molecule has 1 aromatic carbocycles. The number of hydrogen-bond acceptors (Lipinski definition) is 6. The summed E-state index contributed by atoms with van der Waals surface area (Å²) in [6, 6.07) is 5.94. The molecule has 21 heavy (non-hydrogen) atoms. The minimum Gasteiger partial charge on any atom is -0.486 e. The molecular formula is C14H18N2O5. The van der Waals surface area contributed by atoms with Crippen LogP contribution in [0.3, 0.4) is 0 Å². The van der Waals surface area contributed by atoms with Gasteiger partial charge in [0.1, 0.15) is 12.7 Å². The molecule has 1 heterocycles. The number of para-hydroxylation sites is 2. The molecule has 0 fully saturated rings. The first-order chi connectivity index (χ1) is 10.1. The van der Waals surface area contributed by atoms with Crippen LogP contribution in [-0.4, -0.2) is 43.8 Å². The molecule has 7 heteroatoms. The van der Waals surface area contributed by atoms with Gasteiger partial charge in [-0.1, -0.05) is 12.1 Å². The molecule has 114 valence electrons. The second-order valence-corrected chi connectivity index (χ2v) is 4.47.